The summed E-state index contributed by atoms with van der Waals surface area (Å²) in [4.78, 5) is 0.0911. The Bertz CT molecular complexity index is 546. The minimum absolute atomic E-state index is 0.0369. The Labute approximate surface area is 118 Å². The maximum absolute atomic E-state index is 12.2. The third kappa shape index (κ3) is 4.35. The van der Waals surface area contributed by atoms with Crippen LogP contribution in [-0.4, -0.2) is 26.2 Å². The number of rotatable bonds is 6. The van der Waals surface area contributed by atoms with Gasteiger partial charge in [-0.05, 0) is 44.4 Å². The highest BCUT2D eigenvalue weighted by Gasteiger charge is 2.21. The standard InChI is InChI=1S/C12H19ClN2O3S/c1-8(4-3-5-16)15-19(17,18)12-7-10(13)6-11(14)9(12)2/h6-8,15-16H,3-5,14H2,1-2H3. The minimum Gasteiger partial charge on any atom is -0.398 e. The predicted molar refractivity (Wildman–Crippen MR) is 76.7 cm³/mol. The normalized spacial score (nSPS) is 13.5. The van der Waals surface area contributed by atoms with E-state index in [4.69, 9.17) is 22.4 Å². The molecule has 0 radical (unpaired) electrons. The molecule has 0 saturated heterocycles. The van der Waals surface area contributed by atoms with Crippen LogP contribution in [0.3, 0.4) is 0 Å². The number of hydrogen-bond donors (Lipinski definition) is 3. The average Bonchev–Trinajstić information content (AvgIpc) is 2.30. The van der Waals surface area contributed by atoms with E-state index in [0.29, 0.717) is 24.1 Å². The van der Waals surface area contributed by atoms with E-state index in [1.807, 2.05) is 0 Å². The Balaban J connectivity index is 3.01. The van der Waals surface area contributed by atoms with Crippen molar-refractivity contribution < 1.29 is 13.5 Å². The molecule has 0 heterocycles. The topological polar surface area (TPSA) is 92.4 Å². The molecule has 1 unspecified atom stereocenters. The number of aliphatic hydroxyl groups is 1. The van der Waals surface area contributed by atoms with Gasteiger partial charge in [0.1, 0.15) is 0 Å². The third-order valence-electron chi connectivity index (χ3n) is 2.81. The molecule has 0 aliphatic rings. The van der Waals surface area contributed by atoms with Crippen LogP contribution in [0, 0.1) is 6.92 Å². The molecule has 108 valence electrons. The molecule has 1 atom stereocenters. The van der Waals surface area contributed by atoms with Crippen molar-refractivity contribution in [3.8, 4) is 0 Å². The Kier molecular flexibility index (Phi) is 5.61. The highest BCUT2D eigenvalue weighted by molar-refractivity contribution is 7.89. The molecular formula is C12H19ClN2O3S. The lowest BCUT2D eigenvalue weighted by Crippen LogP contribution is -2.33. The van der Waals surface area contributed by atoms with E-state index in [9.17, 15) is 8.42 Å². The number of sulfonamides is 1. The fourth-order valence-corrected chi connectivity index (χ4v) is 3.61. The number of nitrogens with one attached hydrogen (secondary N) is 1. The van der Waals surface area contributed by atoms with E-state index >= 15 is 0 Å². The summed E-state index contributed by atoms with van der Waals surface area (Å²) < 4.78 is 27.0. The summed E-state index contributed by atoms with van der Waals surface area (Å²) in [5.41, 5.74) is 6.54. The summed E-state index contributed by atoms with van der Waals surface area (Å²) in [7, 11) is -3.66. The Morgan fingerprint density at radius 1 is 1.47 bits per heavy atom. The maximum Gasteiger partial charge on any atom is 0.241 e. The Morgan fingerprint density at radius 2 is 2.11 bits per heavy atom. The number of halogens is 1. The van der Waals surface area contributed by atoms with Crippen LogP contribution in [0.1, 0.15) is 25.3 Å². The molecule has 0 aromatic heterocycles. The van der Waals surface area contributed by atoms with E-state index < -0.39 is 10.0 Å². The first-order valence-corrected chi connectivity index (χ1v) is 7.83. The lowest BCUT2D eigenvalue weighted by Gasteiger charge is -2.16. The molecule has 0 spiro atoms. The quantitative estimate of drug-likeness (QED) is 0.697. The molecule has 0 aliphatic carbocycles. The molecule has 0 fully saturated rings. The first-order chi connectivity index (χ1) is 8.77. The van der Waals surface area contributed by atoms with Gasteiger partial charge in [0.05, 0.1) is 4.90 Å². The smallest absolute Gasteiger partial charge is 0.241 e. The van der Waals surface area contributed by atoms with Crippen molar-refractivity contribution in [3.63, 3.8) is 0 Å². The second-order valence-electron chi connectivity index (χ2n) is 4.51. The molecule has 1 rings (SSSR count). The van der Waals surface area contributed by atoms with Crippen molar-refractivity contribution in [3.05, 3.63) is 22.7 Å². The van der Waals surface area contributed by atoms with Crippen LogP contribution in [-0.2, 0) is 10.0 Å². The molecule has 19 heavy (non-hydrogen) atoms. The maximum atomic E-state index is 12.2. The molecule has 4 N–H and O–H groups in total. The van der Waals surface area contributed by atoms with Gasteiger partial charge in [0, 0.05) is 23.4 Å². The van der Waals surface area contributed by atoms with Gasteiger partial charge in [-0.15, -0.1) is 0 Å². The van der Waals surface area contributed by atoms with Gasteiger partial charge in [0.25, 0.3) is 0 Å². The van der Waals surface area contributed by atoms with Crippen LogP contribution >= 0.6 is 11.6 Å². The van der Waals surface area contributed by atoms with Crippen LogP contribution in [0.2, 0.25) is 5.02 Å². The average molecular weight is 307 g/mol. The lowest BCUT2D eigenvalue weighted by atomic mass is 10.2. The van der Waals surface area contributed by atoms with Crippen LogP contribution in [0.5, 0.6) is 0 Å². The number of nitrogens with two attached hydrogens (primary N) is 1. The van der Waals surface area contributed by atoms with Crippen molar-refractivity contribution in [2.75, 3.05) is 12.3 Å². The van der Waals surface area contributed by atoms with Gasteiger partial charge >= 0.3 is 0 Å². The fourth-order valence-electron chi connectivity index (χ4n) is 1.74. The first kappa shape index (κ1) is 16.2. The Hall–Kier alpha value is -0.820. The molecule has 0 saturated carbocycles. The zero-order valence-corrected chi connectivity index (χ0v) is 12.6. The van der Waals surface area contributed by atoms with Gasteiger partial charge < -0.3 is 10.8 Å². The predicted octanol–water partition coefficient (Wildman–Crippen LogP) is 1.67. The highest BCUT2D eigenvalue weighted by Crippen LogP contribution is 2.26. The molecule has 1 aromatic rings. The first-order valence-electron chi connectivity index (χ1n) is 5.96. The third-order valence-corrected chi connectivity index (χ3v) is 4.74. The van der Waals surface area contributed by atoms with Gasteiger partial charge in [-0.1, -0.05) is 11.6 Å². The molecule has 0 bridgehead atoms. The van der Waals surface area contributed by atoms with Gasteiger partial charge in [0.2, 0.25) is 10.0 Å². The van der Waals surface area contributed by atoms with Crippen LogP contribution in [0.25, 0.3) is 0 Å². The van der Waals surface area contributed by atoms with Gasteiger partial charge in [0.15, 0.2) is 0 Å². The van der Waals surface area contributed by atoms with Crippen molar-refractivity contribution >= 4 is 27.3 Å². The Morgan fingerprint density at radius 3 is 2.68 bits per heavy atom. The summed E-state index contributed by atoms with van der Waals surface area (Å²) in [5.74, 6) is 0. The van der Waals surface area contributed by atoms with Crippen molar-refractivity contribution in [2.24, 2.45) is 0 Å². The second-order valence-corrected chi connectivity index (χ2v) is 6.63. The fraction of sp³-hybridized carbons (Fsp3) is 0.500. The minimum atomic E-state index is -3.66. The van der Waals surface area contributed by atoms with Gasteiger partial charge in [-0.2, -0.15) is 0 Å². The van der Waals surface area contributed by atoms with Gasteiger partial charge in [-0.25, -0.2) is 13.1 Å². The zero-order valence-electron chi connectivity index (χ0n) is 11.0. The van der Waals surface area contributed by atoms with Crippen molar-refractivity contribution in [1.29, 1.82) is 0 Å². The monoisotopic (exact) mass is 306 g/mol. The van der Waals surface area contributed by atoms with E-state index in [-0.39, 0.29) is 22.6 Å². The summed E-state index contributed by atoms with van der Waals surface area (Å²) >= 11 is 5.84. The summed E-state index contributed by atoms with van der Waals surface area (Å²) in [5, 5.41) is 9.02. The van der Waals surface area contributed by atoms with E-state index in [0.717, 1.165) is 0 Å². The number of hydrogen-bond acceptors (Lipinski definition) is 4. The number of anilines is 1. The summed E-state index contributed by atoms with van der Waals surface area (Å²) in [6.45, 7) is 3.42. The number of nitrogen functional groups attached to an aromatic ring is 1. The largest absolute Gasteiger partial charge is 0.398 e. The van der Waals surface area contributed by atoms with Crippen LogP contribution in [0.4, 0.5) is 5.69 Å². The van der Waals surface area contributed by atoms with E-state index in [1.165, 1.54) is 12.1 Å². The van der Waals surface area contributed by atoms with E-state index in [2.05, 4.69) is 4.72 Å². The summed E-state index contributed by atoms with van der Waals surface area (Å²) in [6.07, 6.45) is 1.10. The zero-order chi connectivity index (χ0) is 14.6. The molecule has 1 aromatic carbocycles. The SMILES string of the molecule is Cc1c(N)cc(Cl)cc1S(=O)(=O)NC(C)CCCO. The van der Waals surface area contributed by atoms with Crippen LogP contribution in [0.15, 0.2) is 17.0 Å². The van der Waals surface area contributed by atoms with Crippen LogP contribution < -0.4 is 10.5 Å². The molecule has 0 amide bonds. The number of aliphatic hydroxyl groups excluding tert-OH is 1. The summed E-state index contributed by atoms with van der Waals surface area (Å²) in [6, 6.07) is 2.64. The molecule has 7 heteroatoms. The second kappa shape index (κ2) is 6.56. The molecule has 0 aliphatic heterocycles. The van der Waals surface area contributed by atoms with E-state index in [1.54, 1.807) is 13.8 Å². The van der Waals surface area contributed by atoms with Gasteiger partial charge in [-0.3, -0.25) is 0 Å². The lowest BCUT2D eigenvalue weighted by molar-refractivity contribution is 0.279. The number of benzene rings is 1. The highest BCUT2D eigenvalue weighted by atomic mass is 35.5. The molecular weight excluding hydrogens is 288 g/mol. The molecule has 5 nitrogen and oxygen atoms in total. The van der Waals surface area contributed by atoms with Crippen molar-refractivity contribution in [2.45, 2.75) is 37.6 Å². The van der Waals surface area contributed by atoms with Crippen molar-refractivity contribution in [1.82, 2.24) is 4.72 Å².